The Bertz CT molecular complexity index is 541. The zero-order valence-electron chi connectivity index (χ0n) is 9.71. The zero-order chi connectivity index (χ0) is 12.5. The van der Waals surface area contributed by atoms with Crippen molar-refractivity contribution in [3.05, 3.63) is 40.0 Å². The van der Waals surface area contributed by atoms with Gasteiger partial charge < -0.3 is 5.32 Å². The van der Waals surface area contributed by atoms with Gasteiger partial charge in [0.25, 0.3) is 0 Å². The summed E-state index contributed by atoms with van der Waals surface area (Å²) in [6.45, 7) is 0. The van der Waals surface area contributed by atoms with Crippen LogP contribution in [0, 0.1) is 0 Å². The molecule has 94 valence electrons. The summed E-state index contributed by atoms with van der Waals surface area (Å²) in [5.74, 6) is 1.50. The van der Waals surface area contributed by atoms with Crippen LogP contribution in [-0.4, -0.2) is 10.2 Å². The number of aromatic nitrogens is 2. The first-order valence-corrected chi connectivity index (χ1v) is 6.75. The van der Waals surface area contributed by atoms with Crippen molar-refractivity contribution < 1.29 is 0 Å². The summed E-state index contributed by atoms with van der Waals surface area (Å²) in [6, 6.07) is 7.42. The Morgan fingerprint density at radius 2 is 1.83 bits per heavy atom. The quantitative estimate of drug-likeness (QED) is 0.854. The van der Waals surface area contributed by atoms with Crippen molar-refractivity contribution >= 4 is 34.7 Å². The molecule has 0 bridgehead atoms. The predicted molar refractivity (Wildman–Crippen MR) is 74.9 cm³/mol. The number of anilines is 2. The van der Waals surface area contributed by atoms with Gasteiger partial charge in [-0.15, -0.1) is 0 Å². The number of hydrogen-bond donors (Lipinski definition) is 2. The van der Waals surface area contributed by atoms with E-state index in [2.05, 4.69) is 21.6 Å². The molecule has 1 aromatic heterocycles. The van der Waals surface area contributed by atoms with Crippen LogP contribution >= 0.6 is 23.2 Å². The first-order valence-electron chi connectivity index (χ1n) is 5.99. The summed E-state index contributed by atoms with van der Waals surface area (Å²) >= 11 is 11.9. The highest BCUT2D eigenvalue weighted by Gasteiger charge is 2.21. The molecule has 1 saturated carbocycles. The first kappa shape index (κ1) is 11.9. The second kappa shape index (κ2) is 4.82. The van der Waals surface area contributed by atoms with Crippen LogP contribution in [0.3, 0.4) is 0 Å². The summed E-state index contributed by atoms with van der Waals surface area (Å²) in [5.41, 5.74) is 1.99. The van der Waals surface area contributed by atoms with Gasteiger partial charge in [-0.3, -0.25) is 5.10 Å². The fourth-order valence-corrected chi connectivity index (χ4v) is 2.62. The van der Waals surface area contributed by atoms with Crippen molar-refractivity contribution in [2.24, 2.45) is 0 Å². The highest BCUT2D eigenvalue weighted by Crippen LogP contribution is 2.36. The Hall–Kier alpha value is -1.19. The van der Waals surface area contributed by atoms with Crippen molar-refractivity contribution in [3.8, 4) is 0 Å². The number of nitrogens with zero attached hydrogens (tertiary/aromatic N) is 1. The van der Waals surface area contributed by atoms with Crippen LogP contribution in [-0.2, 0) is 0 Å². The normalized spacial score (nSPS) is 15.4. The molecular weight excluding hydrogens is 269 g/mol. The predicted octanol–water partition coefficient (Wildman–Crippen LogP) is 4.73. The number of aromatic amines is 1. The Morgan fingerprint density at radius 3 is 2.44 bits per heavy atom. The Balaban J connectivity index is 1.77. The summed E-state index contributed by atoms with van der Waals surface area (Å²) in [7, 11) is 0. The molecule has 0 saturated heterocycles. The fraction of sp³-hybridized carbons (Fsp3) is 0.308. The highest BCUT2D eigenvalue weighted by molar-refractivity contribution is 6.35. The molecule has 1 fully saturated rings. The molecule has 5 heteroatoms. The van der Waals surface area contributed by atoms with E-state index in [4.69, 9.17) is 23.2 Å². The van der Waals surface area contributed by atoms with Crippen molar-refractivity contribution in [3.63, 3.8) is 0 Å². The summed E-state index contributed by atoms with van der Waals surface area (Å²) in [4.78, 5) is 0. The van der Waals surface area contributed by atoms with Crippen molar-refractivity contribution in [1.29, 1.82) is 0 Å². The molecule has 0 aliphatic heterocycles. The lowest BCUT2D eigenvalue weighted by atomic mass is 9.83. The Labute approximate surface area is 115 Å². The number of nitrogens with one attached hydrogen (secondary N) is 2. The largest absolute Gasteiger partial charge is 0.341 e. The van der Waals surface area contributed by atoms with Gasteiger partial charge in [0.05, 0.1) is 5.69 Å². The smallest absolute Gasteiger partial charge is 0.126 e. The molecule has 2 aromatic rings. The molecule has 3 nitrogen and oxygen atoms in total. The zero-order valence-corrected chi connectivity index (χ0v) is 11.2. The second-order valence-corrected chi connectivity index (χ2v) is 5.49. The van der Waals surface area contributed by atoms with Gasteiger partial charge in [-0.1, -0.05) is 29.6 Å². The number of H-pyrrole nitrogens is 1. The van der Waals surface area contributed by atoms with E-state index in [-0.39, 0.29) is 0 Å². The van der Waals surface area contributed by atoms with E-state index in [0.717, 1.165) is 17.2 Å². The molecule has 0 atom stereocenters. The van der Waals surface area contributed by atoms with Gasteiger partial charge >= 0.3 is 0 Å². The average Bonchev–Trinajstić information content (AvgIpc) is 2.61. The minimum Gasteiger partial charge on any atom is -0.341 e. The summed E-state index contributed by atoms with van der Waals surface area (Å²) in [5, 5.41) is 11.8. The first-order chi connectivity index (χ1) is 8.70. The van der Waals surface area contributed by atoms with Gasteiger partial charge in [0.2, 0.25) is 0 Å². The maximum absolute atomic E-state index is 5.95. The molecule has 1 heterocycles. The topological polar surface area (TPSA) is 40.7 Å². The number of benzene rings is 1. The van der Waals surface area contributed by atoms with Gasteiger partial charge in [0.1, 0.15) is 5.82 Å². The van der Waals surface area contributed by atoms with Crippen LogP contribution in [0.5, 0.6) is 0 Å². The van der Waals surface area contributed by atoms with Crippen LogP contribution in [0.15, 0.2) is 24.3 Å². The maximum Gasteiger partial charge on any atom is 0.126 e. The molecule has 3 rings (SSSR count). The number of rotatable bonds is 3. The molecule has 18 heavy (non-hydrogen) atoms. The van der Waals surface area contributed by atoms with Gasteiger partial charge in [0.15, 0.2) is 0 Å². The molecule has 0 amide bonds. The second-order valence-electron chi connectivity index (χ2n) is 4.62. The van der Waals surface area contributed by atoms with Gasteiger partial charge in [-0.2, -0.15) is 5.10 Å². The molecule has 1 aromatic carbocycles. The molecule has 2 N–H and O–H groups in total. The van der Waals surface area contributed by atoms with E-state index >= 15 is 0 Å². The van der Waals surface area contributed by atoms with Crippen LogP contribution in [0.25, 0.3) is 0 Å². The Morgan fingerprint density at radius 1 is 1.11 bits per heavy atom. The van der Waals surface area contributed by atoms with Crippen molar-refractivity contribution in [1.82, 2.24) is 10.2 Å². The van der Waals surface area contributed by atoms with Crippen molar-refractivity contribution in [2.75, 3.05) is 5.32 Å². The standard InChI is InChI=1S/C13H13Cl2N3/c14-9-4-10(15)6-11(5-9)16-13-7-12(17-18-13)8-2-1-3-8/h4-8H,1-3H2,(H2,16,17,18). The van der Waals surface area contributed by atoms with Gasteiger partial charge in [0, 0.05) is 27.7 Å². The third kappa shape index (κ3) is 2.47. The van der Waals surface area contributed by atoms with E-state index in [1.165, 1.54) is 19.3 Å². The van der Waals surface area contributed by atoms with E-state index in [9.17, 15) is 0 Å². The van der Waals surface area contributed by atoms with E-state index in [1.54, 1.807) is 6.07 Å². The fourth-order valence-electron chi connectivity index (χ4n) is 2.10. The van der Waals surface area contributed by atoms with Crippen LogP contribution in [0.1, 0.15) is 30.9 Å². The minimum absolute atomic E-state index is 0.615. The lowest BCUT2D eigenvalue weighted by Crippen LogP contribution is -2.08. The lowest BCUT2D eigenvalue weighted by Gasteiger charge is -2.22. The molecule has 1 aliphatic carbocycles. The maximum atomic E-state index is 5.95. The summed E-state index contributed by atoms with van der Waals surface area (Å²) < 4.78 is 0. The van der Waals surface area contributed by atoms with Crippen LogP contribution in [0.2, 0.25) is 10.0 Å². The van der Waals surface area contributed by atoms with E-state index in [0.29, 0.717) is 16.0 Å². The van der Waals surface area contributed by atoms with Crippen LogP contribution < -0.4 is 5.32 Å². The van der Waals surface area contributed by atoms with Crippen molar-refractivity contribution in [2.45, 2.75) is 25.2 Å². The van der Waals surface area contributed by atoms with E-state index < -0.39 is 0 Å². The molecule has 0 unspecified atom stereocenters. The number of hydrogen-bond acceptors (Lipinski definition) is 2. The SMILES string of the molecule is Clc1cc(Cl)cc(Nc2cc(C3CCC3)n[nH]2)c1. The third-order valence-electron chi connectivity index (χ3n) is 3.26. The van der Waals surface area contributed by atoms with Gasteiger partial charge in [-0.25, -0.2) is 0 Å². The van der Waals surface area contributed by atoms with Gasteiger partial charge in [-0.05, 0) is 31.0 Å². The third-order valence-corrected chi connectivity index (χ3v) is 3.70. The lowest BCUT2D eigenvalue weighted by molar-refractivity contribution is 0.410. The minimum atomic E-state index is 0.615. The van der Waals surface area contributed by atoms with Crippen LogP contribution in [0.4, 0.5) is 11.5 Å². The molecule has 0 radical (unpaired) electrons. The number of halogens is 2. The molecular formula is C13H13Cl2N3. The summed E-state index contributed by atoms with van der Waals surface area (Å²) in [6.07, 6.45) is 3.80. The van der Waals surface area contributed by atoms with E-state index in [1.807, 2.05) is 12.1 Å². The molecule has 1 aliphatic rings. The Kier molecular flexibility index (Phi) is 3.18. The average molecular weight is 282 g/mol. The monoisotopic (exact) mass is 281 g/mol. The molecule has 0 spiro atoms. The highest BCUT2D eigenvalue weighted by atomic mass is 35.5.